The summed E-state index contributed by atoms with van der Waals surface area (Å²) >= 11 is 3.36. The molecule has 0 aliphatic rings. The lowest BCUT2D eigenvalue weighted by molar-refractivity contribution is 0.273. The molecule has 0 spiro atoms. The highest BCUT2D eigenvalue weighted by molar-refractivity contribution is 9.10. The van der Waals surface area contributed by atoms with Crippen LogP contribution in [0.1, 0.15) is 11.1 Å². The van der Waals surface area contributed by atoms with Crippen molar-refractivity contribution in [1.82, 2.24) is 5.32 Å². The lowest BCUT2D eigenvalue weighted by Gasteiger charge is -2.11. The molecule has 2 rings (SSSR count). The van der Waals surface area contributed by atoms with E-state index in [1.807, 2.05) is 24.3 Å². The van der Waals surface area contributed by atoms with Gasteiger partial charge in [0.1, 0.15) is 6.61 Å². The minimum Gasteiger partial charge on any atom is -0.483 e. The van der Waals surface area contributed by atoms with Gasteiger partial charge in [0.25, 0.3) is 0 Å². The number of benzene rings is 2. The Hall–Kier alpha value is -1.46. The highest BCUT2D eigenvalue weighted by atomic mass is 79.9. The monoisotopic (exact) mass is 341 g/mol. The summed E-state index contributed by atoms with van der Waals surface area (Å²) in [5.41, 5.74) is 1.36. The normalized spacial score (nSPS) is 10.6. The molecule has 106 valence electrons. The number of rotatable bonds is 5. The second-order valence-corrected chi connectivity index (χ2v) is 5.15. The molecule has 2 aromatic carbocycles. The van der Waals surface area contributed by atoms with Crippen LogP contribution in [0.15, 0.2) is 40.9 Å². The van der Waals surface area contributed by atoms with E-state index >= 15 is 0 Å². The average Bonchev–Trinajstić information content (AvgIpc) is 2.40. The zero-order valence-electron chi connectivity index (χ0n) is 10.9. The minimum absolute atomic E-state index is 0.0979. The molecule has 0 aliphatic carbocycles. The lowest BCUT2D eigenvalue weighted by Crippen LogP contribution is -2.07. The number of ether oxygens (including phenoxy) is 1. The summed E-state index contributed by atoms with van der Waals surface area (Å²) in [6.07, 6.45) is 0. The van der Waals surface area contributed by atoms with Crippen LogP contribution in [0.4, 0.5) is 8.78 Å². The SMILES string of the molecule is CNCc1cc(F)c(OCc2ccccc2Br)c(F)c1. The molecule has 5 heteroatoms. The molecule has 0 bridgehead atoms. The molecular weight excluding hydrogens is 328 g/mol. The van der Waals surface area contributed by atoms with E-state index in [9.17, 15) is 8.78 Å². The van der Waals surface area contributed by atoms with Gasteiger partial charge in [-0.1, -0.05) is 34.1 Å². The zero-order valence-corrected chi connectivity index (χ0v) is 12.5. The van der Waals surface area contributed by atoms with Gasteiger partial charge in [0.2, 0.25) is 0 Å². The van der Waals surface area contributed by atoms with E-state index in [4.69, 9.17) is 4.74 Å². The van der Waals surface area contributed by atoms with Crippen LogP contribution in [0, 0.1) is 11.6 Å². The first kappa shape index (κ1) is 14.9. The molecule has 0 saturated carbocycles. The first-order chi connectivity index (χ1) is 9.61. The maximum Gasteiger partial charge on any atom is 0.191 e. The maximum atomic E-state index is 13.8. The van der Waals surface area contributed by atoms with Crippen LogP contribution in [-0.4, -0.2) is 7.05 Å². The number of hydrogen-bond donors (Lipinski definition) is 1. The molecule has 2 nitrogen and oxygen atoms in total. The molecule has 0 radical (unpaired) electrons. The zero-order chi connectivity index (χ0) is 14.5. The van der Waals surface area contributed by atoms with E-state index in [1.165, 1.54) is 12.1 Å². The van der Waals surface area contributed by atoms with Gasteiger partial charge in [0.05, 0.1) is 0 Å². The van der Waals surface area contributed by atoms with E-state index in [0.29, 0.717) is 12.1 Å². The van der Waals surface area contributed by atoms with Gasteiger partial charge >= 0.3 is 0 Å². The number of halogens is 3. The fraction of sp³-hybridized carbons (Fsp3) is 0.200. The van der Waals surface area contributed by atoms with Gasteiger partial charge in [-0.3, -0.25) is 0 Å². The van der Waals surface area contributed by atoms with Crippen LogP contribution in [0.5, 0.6) is 5.75 Å². The fourth-order valence-electron chi connectivity index (χ4n) is 1.82. The molecular formula is C15H14BrF2NO. The van der Waals surface area contributed by atoms with Crippen molar-refractivity contribution in [3.63, 3.8) is 0 Å². The fourth-order valence-corrected chi connectivity index (χ4v) is 2.22. The van der Waals surface area contributed by atoms with Gasteiger partial charge in [-0.2, -0.15) is 0 Å². The van der Waals surface area contributed by atoms with Crippen LogP contribution < -0.4 is 10.1 Å². The van der Waals surface area contributed by atoms with Crippen LogP contribution in [0.3, 0.4) is 0 Å². The van der Waals surface area contributed by atoms with E-state index in [2.05, 4.69) is 21.2 Å². The Morgan fingerprint density at radius 2 is 1.80 bits per heavy atom. The van der Waals surface area contributed by atoms with Crippen LogP contribution in [-0.2, 0) is 13.2 Å². The quantitative estimate of drug-likeness (QED) is 0.886. The van der Waals surface area contributed by atoms with Crippen molar-refractivity contribution in [1.29, 1.82) is 0 Å². The number of nitrogens with one attached hydrogen (secondary N) is 1. The summed E-state index contributed by atoms with van der Waals surface area (Å²) in [5, 5.41) is 2.84. The molecule has 20 heavy (non-hydrogen) atoms. The smallest absolute Gasteiger partial charge is 0.191 e. The van der Waals surface area contributed by atoms with Crippen molar-refractivity contribution >= 4 is 15.9 Å². The van der Waals surface area contributed by atoms with Gasteiger partial charge in [-0.05, 0) is 30.8 Å². The first-order valence-electron chi connectivity index (χ1n) is 6.10. The summed E-state index contributed by atoms with van der Waals surface area (Å²) in [6.45, 7) is 0.499. The summed E-state index contributed by atoms with van der Waals surface area (Å²) in [6, 6.07) is 9.92. The Balaban J connectivity index is 2.16. The third-order valence-electron chi connectivity index (χ3n) is 2.77. The molecule has 0 unspecified atom stereocenters. The molecule has 0 amide bonds. The lowest BCUT2D eigenvalue weighted by atomic mass is 10.2. The maximum absolute atomic E-state index is 13.8. The van der Waals surface area contributed by atoms with Gasteiger partial charge in [0, 0.05) is 16.6 Å². The summed E-state index contributed by atoms with van der Waals surface area (Å²) in [5.74, 6) is -1.73. The van der Waals surface area contributed by atoms with Crippen molar-refractivity contribution in [3.8, 4) is 5.75 Å². The predicted molar refractivity (Wildman–Crippen MR) is 77.6 cm³/mol. The largest absolute Gasteiger partial charge is 0.483 e. The molecule has 0 atom stereocenters. The molecule has 0 aliphatic heterocycles. The number of hydrogen-bond acceptors (Lipinski definition) is 2. The van der Waals surface area contributed by atoms with E-state index in [0.717, 1.165) is 10.0 Å². The van der Waals surface area contributed by atoms with Crippen LogP contribution in [0.25, 0.3) is 0 Å². The molecule has 2 aromatic rings. The molecule has 1 N–H and O–H groups in total. The Labute approximate surface area is 124 Å². The Kier molecular flexibility index (Phi) is 5.09. The molecule has 0 saturated heterocycles. The summed E-state index contributed by atoms with van der Waals surface area (Å²) in [4.78, 5) is 0. The minimum atomic E-state index is -0.692. The predicted octanol–water partition coefficient (Wildman–Crippen LogP) is 4.03. The summed E-state index contributed by atoms with van der Waals surface area (Å²) < 4.78 is 33.8. The third kappa shape index (κ3) is 3.55. The van der Waals surface area contributed by atoms with Gasteiger partial charge in [-0.25, -0.2) is 8.78 Å². The highest BCUT2D eigenvalue weighted by Crippen LogP contribution is 2.25. The Bertz CT molecular complexity index is 581. The van der Waals surface area contributed by atoms with E-state index < -0.39 is 11.6 Å². The van der Waals surface area contributed by atoms with E-state index in [-0.39, 0.29) is 12.4 Å². The standard InChI is InChI=1S/C15H14BrF2NO/c1-19-8-10-6-13(17)15(14(18)7-10)20-9-11-4-2-3-5-12(11)16/h2-7,19H,8-9H2,1H3. The van der Waals surface area contributed by atoms with Gasteiger partial charge in [0.15, 0.2) is 17.4 Å². The van der Waals surface area contributed by atoms with Crippen molar-refractivity contribution in [2.24, 2.45) is 0 Å². The van der Waals surface area contributed by atoms with Crippen molar-refractivity contribution < 1.29 is 13.5 Å². The Morgan fingerprint density at radius 3 is 2.40 bits per heavy atom. The molecule has 0 heterocycles. The molecule has 0 aromatic heterocycles. The van der Waals surface area contributed by atoms with Crippen molar-refractivity contribution in [2.45, 2.75) is 13.2 Å². The second-order valence-electron chi connectivity index (χ2n) is 4.30. The topological polar surface area (TPSA) is 21.3 Å². The molecule has 0 fully saturated rings. The second kappa shape index (κ2) is 6.81. The Morgan fingerprint density at radius 1 is 1.15 bits per heavy atom. The van der Waals surface area contributed by atoms with Crippen molar-refractivity contribution in [2.75, 3.05) is 7.05 Å². The van der Waals surface area contributed by atoms with Crippen LogP contribution in [0.2, 0.25) is 0 Å². The van der Waals surface area contributed by atoms with Gasteiger partial charge < -0.3 is 10.1 Å². The third-order valence-corrected chi connectivity index (χ3v) is 3.54. The van der Waals surface area contributed by atoms with Crippen molar-refractivity contribution in [3.05, 3.63) is 63.6 Å². The van der Waals surface area contributed by atoms with Gasteiger partial charge in [-0.15, -0.1) is 0 Å². The highest BCUT2D eigenvalue weighted by Gasteiger charge is 2.13. The van der Waals surface area contributed by atoms with E-state index in [1.54, 1.807) is 7.05 Å². The van der Waals surface area contributed by atoms with Crippen LogP contribution >= 0.6 is 15.9 Å². The average molecular weight is 342 g/mol. The first-order valence-corrected chi connectivity index (χ1v) is 6.90. The summed E-state index contributed by atoms with van der Waals surface area (Å²) in [7, 11) is 1.72.